The summed E-state index contributed by atoms with van der Waals surface area (Å²) < 4.78 is 34.0. The van der Waals surface area contributed by atoms with Gasteiger partial charge in [-0.05, 0) is 60.4 Å². The highest BCUT2D eigenvalue weighted by Gasteiger charge is 2.17. The first-order valence-electron chi connectivity index (χ1n) is 10.0. The Balaban J connectivity index is 1.77. The zero-order chi connectivity index (χ0) is 19.2. The minimum atomic E-state index is -0.915. The molecule has 0 saturated heterocycles. The third kappa shape index (κ3) is 4.58. The number of rotatable bonds is 7. The summed E-state index contributed by atoms with van der Waals surface area (Å²) >= 11 is 0. The molecule has 0 saturated carbocycles. The number of hydrogen-bond acceptors (Lipinski definition) is 1. The maximum atomic E-state index is 14.5. The van der Waals surface area contributed by atoms with E-state index >= 15 is 0 Å². The molecule has 0 radical (unpaired) electrons. The van der Waals surface area contributed by atoms with Gasteiger partial charge in [-0.25, -0.2) is 4.39 Å². The lowest BCUT2D eigenvalue weighted by atomic mass is 9.84. The summed E-state index contributed by atoms with van der Waals surface area (Å²) in [5.74, 6) is -0.982. The Labute approximate surface area is 161 Å². The summed E-state index contributed by atoms with van der Waals surface area (Å²) in [5.41, 5.74) is 3.49. The quantitative estimate of drug-likeness (QED) is 0.493. The molecule has 0 amide bonds. The molecule has 27 heavy (non-hydrogen) atoms. The summed E-state index contributed by atoms with van der Waals surface area (Å²) in [6.07, 6.45) is 9.11. The lowest BCUT2D eigenvalue weighted by Crippen LogP contribution is -2.05. The van der Waals surface area contributed by atoms with Crippen molar-refractivity contribution < 1.29 is 13.5 Å². The smallest absolute Gasteiger partial charge is 0.201 e. The molecule has 2 aromatic rings. The van der Waals surface area contributed by atoms with Crippen molar-refractivity contribution in [3.05, 3.63) is 59.7 Å². The second-order valence-electron chi connectivity index (χ2n) is 7.32. The molecule has 0 aromatic heterocycles. The van der Waals surface area contributed by atoms with E-state index in [-0.39, 0.29) is 11.3 Å². The number of halogens is 2. The Morgan fingerprint density at radius 2 is 1.67 bits per heavy atom. The predicted octanol–water partition coefficient (Wildman–Crippen LogP) is 7.40. The maximum absolute atomic E-state index is 14.5. The van der Waals surface area contributed by atoms with Crippen LogP contribution in [0.25, 0.3) is 16.7 Å². The molecule has 1 aliphatic carbocycles. The van der Waals surface area contributed by atoms with Gasteiger partial charge in [-0.15, -0.1) is 0 Å². The Bertz CT molecular complexity index is 793. The topological polar surface area (TPSA) is 9.23 Å². The summed E-state index contributed by atoms with van der Waals surface area (Å²) in [6, 6.07) is 10.9. The van der Waals surface area contributed by atoms with E-state index in [1.807, 2.05) is 31.2 Å². The van der Waals surface area contributed by atoms with E-state index in [1.165, 1.54) is 36.5 Å². The standard InChI is InChI=1S/C24H28F2O/c1-3-5-17-6-8-18(9-7-17)19-10-12-20(13-11-19)21-14-15-22(27-16-4-2)24(26)23(21)25/h8,10-15,17H,3-7,9,16H2,1-2H3. The van der Waals surface area contributed by atoms with Gasteiger partial charge in [0.05, 0.1) is 6.61 Å². The van der Waals surface area contributed by atoms with Crippen LogP contribution in [0.1, 0.15) is 57.9 Å². The van der Waals surface area contributed by atoms with E-state index in [4.69, 9.17) is 4.74 Å². The Morgan fingerprint density at radius 1 is 0.926 bits per heavy atom. The van der Waals surface area contributed by atoms with Gasteiger partial charge in [-0.1, -0.05) is 57.0 Å². The Kier molecular flexibility index (Phi) is 6.65. The fraction of sp³-hybridized carbons (Fsp3) is 0.417. The van der Waals surface area contributed by atoms with Crippen molar-refractivity contribution in [3.63, 3.8) is 0 Å². The van der Waals surface area contributed by atoms with Gasteiger partial charge in [-0.3, -0.25) is 0 Å². The second kappa shape index (κ2) is 9.16. The molecular weight excluding hydrogens is 342 g/mol. The molecule has 1 atom stereocenters. The van der Waals surface area contributed by atoms with Gasteiger partial charge in [0.15, 0.2) is 11.6 Å². The first-order chi connectivity index (χ1) is 13.1. The van der Waals surface area contributed by atoms with Crippen LogP contribution in [-0.4, -0.2) is 6.61 Å². The molecule has 144 valence electrons. The van der Waals surface area contributed by atoms with Crippen molar-refractivity contribution in [1.82, 2.24) is 0 Å². The van der Waals surface area contributed by atoms with Crippen LogP contribution in [0.2, 0.25) is 0 Å². The summed E-state index contributed by atoms with van der Waals surface area (Å²) in [4.78, 5) is 0. The fourth-order valence-corrected chi connectivity index (χ4v) is 3.76. The van der Waals surface area contributed by atoms with Gasteiger partial charge in [0.2, 0.25) is 5.82 Å². The van der Waals surface area contributed by atoms with E-state index in [0.29, 0.717) is 12.2 Å². The second-order valence-corrected chi connectivity index (χ2v) is 7.32. The number of ether oxygens (including phenoxy) is 1. The summed E-state index contributed by atoms with van der Waals surface area (Å²) in [7, 11) is 0. The van der Waals surface area contributed by atoms with Gasteiger partial charge < -0.3 is 4.74 Å². The molecular formula is C24H28F2O. The highest BCUT2D eigenvalue weighted by Crippen LogP contribution is 2.34. The maximum Gasteiger partial charge on any atom is 0.201 e. The molecule has 1 aliphatic rings. The van der Waals surface area contributed by atoms with Gasteiger partial charge in [0.1, 0.15) is 0 Å². The van der Waals surface area contributed by atoms with Crippen LogP contribution >= 0.6 is 0 Å². The minimum Gasteiger partial charge on any atom is -0.490 e. The van der Waals surface area contributed by atoms with Gasteiger partial charge in [0, 0.05) is 5.56 Å². The third-order valence-electron chi connectivity index (χ3n) is 5.29. The Hall–Kier alpha value is -2.16. The summed E-state index contributed by atoms with van der Waals surface area (Å²) in [5, 5.41) is 0. The first kappa shape index (κ1) is 19.6. The third-order valence-corrected chi connectivity index (χ3v) is 5.29. The van der Waals surface area contributed by atoms with Crippen molar-refractivity contribution in [2.45, 2.75) is 52.4 Å². The zero-order valence-corrected chi connectivity index (χ0v) is 16.2. The molecule has 0 heterocycles. The van der Waals surface area contributed by atoms with Crippen molar-refractivity contribution in [3.8, 4) is 16.9 Å². The van der Waals surface area contributed by atoms with E-state index < -0.39 is 11.6 Å². The molecule has 3 heteroatoms. The van der Waals surface area contributed by atoms with Crippen LogP contribution in [0.4, 0.5) is 8.78 Å². The van der Waals surface area contributed by atoms with Crippen molar-refractivity contribution in [1.29, 1.82) is 0 Å². The van der Waals surface area contributed by atoms with Crippen LogP contribution in [0.5, 0.6) is 5.75 Å². The summed E-state index contributed by atoms with van der Waals surface area (Å²) in [6.45, 7) is 4.54. The molecule has 1 unspecified atom stereocenters. The lowest BCUT2D eigenvalue weighted by Gasteiger charge is -2.21. The van der Waals surface area contributed by atoms with Crippen LogP contribution < -0.4 is 4.74 Å². The molecule has 0 N–H and O–H groups in total. The molecule has 0 aliphatic heterocycles. The van der Waals surface area contributed by atoms with E-state index in [0.717, 1.165) is 25.2 Å². The number of hydrogen-bond donors (Lipinski definition) is 0. The molecule has 1 nitrogen and oxygen atoms in total. The van der Waals surface area contributed by atoms with Crippen molar-refractivity contribution in [2.24, 2.45) is 5.92 Å². The van der Waals surface area contributed by atoms with Gasteiger partial charge in [-0.2, -0.15) is 4.39 Å². The highest BCUT2D eigenvalue weighted by molar-refractivity contribution is 5.71. The molecule has 0 spiro atoms. The SMILES string of the molecule is CCCOc1ccc(-c2ccc(C3=CCC(CCC)CC3)cc2)c(F)c1F. The monoisotopic (exact) mass is 370 g/mol. The molecule has 0 bridgehead atoms. The highest BCUT2D eigenvalue weighted by atomic mass is 19.2. The largest absolute Gasteiger partial charge is 0.490 e. The molecule has 3 rings (SSSR count). The van der Waals surface area contributed by atoms with E-state index in [2.05, 4.69) is 13.0 Å². The molecule has 2 aromatic carbocycles. The average molecular weight is 370 g/mol. The predicted molar refractivity (Wildman–Crippen MR) is 108 cm³/mol. The van der Waals surface area contributed by atoms with Crippen LogP contribution in [0, 0.1) is 17.6 Å². The fourth-order valence-electron chi connectivity index (χ4n) is 3.76. The molecule has 0 fully saturated rings. The first-order valence-corrected chi connectivity index (χ1v) is 10.0. The van der Waals surface area contributed by atoms with Crippen molar-refractivity contribution in [2.75, 3.05) is 6.61 Å². The van der Waals surface area contributed by atoms with Gasteiger partial charge >= 0.3 is 0 Å². The van der Waals surface area contributed by atoms with Crippen molar-refractivity contribution >= 4 is 5.57 Å². The minimum absolute atomic E-state index is 0.0243. The number of allylic oxidation sites excluding steroid dienone is 2. The van der Waals surface area contributed by atoms with E-state index in [1.54, 1.807) is 6.07 Å². The van der Waals surface area contributed by atoms with Crippen LogP contribution in [0.15, 0.2) is 42.5 Å². The lowest BCUT2D eigenvalue weighted by molar-refractivity contribution is 0.295. The van der Waals surface area contributed by atoms with E-state index in [9.17, 15) is 8.78 Å². The average Bonchev–Trinajstić information content (AvgIpc) is 2.70. The van der Waals surface area contributed by atoms with Gasteiger partial charge in [0.25, 0.3) is 0 Å². The Morgan fingerprint density at radius 3 is 2.30 bits per heavy atom. The van der Waals surface area contributed by atoms with Crippen LogP contribution in [-0.2, 0) is 0 Å². The zero-order valence-electron chi connectivity index (χ0n) is 16.2. The normalized spacial score (nSPS) is 16.9. The number of benzene rings is 2. The van der Waals surface area contributed by atoms with Crippen LogP contribution in [0.3, 0.4) is 0 Å².